The SMILES string of the molecule is CNc1nc(N2CC(C)N(C)C(C)C2)c(F)cc1F. The van der Waals surface area contributed by atoms with E-state index in [2.05, 4.69) is 36.1 Å². The van der Waals surface area contributed by atoms with Gasteiger partial charge in [-0.1, -0.05) is 0 Å². The van der Waals surface area contributed by atoms with E-state index in [1.54, 1.807) is 7.05 Å². The fourth-order valence-corrected chi connectivity index (χ4v) is 2.43. The van der Waals surface area contributed by atoms with Crippen molar-refractivity contribution in [3.63, 3.8) is 0 Å². The van der Waals surface area contributed by atoms with Crippen LogP contribution in [-0.4, -0.2) is 49.2 Å². The van der Waals surface area contributed by atoms with Gasteiger partial charge in [-0.25, -0.2) is 13.8 Å². The molecule has 0 bridgehead atoms. The maximum Gasteiger partial charge on any atom is 0.168 e. The standard InChI is InChI=1S/C13H20F2N4/c1-8-6-19(7-9(2)18(8)4)13-11(15)5-10(14)12(16-3)17-13/h5,8-9H,6-7H2,1-4H3,(H,16,17). The first-order valence-corrected chi connectivity index (χ1v) is 6.44. The fraction of sp³-hybridized carbons (Fsp3) is 0.615. The van der Waals surface area contributed by atoms with Gasteiger partial charge in [0, 0.05) is 38.3 Å². The molecule has 1 aromatic heterocycles. The third kappa shape index (κ3) is 2.63. The predicted octanol–water partition coefficient (Wildman–Crippen LogP) is 1.93. The van der Waals surface area contributed by atoms with Crippen molar-refractivity contribution in [3.8, 4) is 0 Å². The summed E-state index contributed by atoms with van der Waals surface area (Å²) in [5.41, 5.74) is 0. The minimum atomic E-state index is -0.668. The molecular weight excluding hydrogens is 250 g/mol. The molecule has 2 atom stereocenters. The maximum atomic E-state index is 13.9. The lowest BCUT2D eigenvalue weighted by Gasteiger charge is -2.43. The number of anilines is 2. The van der Waals surface area contributed by atoms with Crippen LogP contribution in [0.5, 0.6) is 0 Å². The smallest absolute Gasteiger partial charge is 0.168 e. The molecule has 1 N–H and O–H groups in total. The maximum absolute atomic E-state index is 13.9. The lowest BCUT2D eigenvalue weighted by molar-refractivity contribution is 0.169. The van der Waals surface area contributed by atoms with Gasteiger partial charge in [0.05, 0.1) is 0 Å². The molecule has 0 aliphatic carbocycles. The summed E-state index contributed by atoms with van der Waals surface area (Å²) in [6.07, 6.45) is 0. The molecular formula is C13H20F2N4. The van der Waals surface area contributed by atoms with Gasteiger partial charge in [0.15, 0.2) is 23.3 Å². The van der Waals surface area contributed by atoms with Crippen LogP contribution in [0.2, 0.25) is 0 Å². The summed E-state index contributed by atoms with van der Waals surface area (Å²) in [4.78, 5) is 8.18. The molecule has 0 saturated carbocycles. The minimum absolute atomic E-state index is 0.0793. The molecule has 0 spiro atoms. The second-order valence-electron chi connectivity index (χ2n) is 5.14. The van der Waals surface area contributed by atoms with Crippen molar-refractivity contribution in [2.24, 2.45) is 0 Å². The zero-order chi connectivity index (χ0) is 14.2. The van der Waals surface area contributed by atoms with Crippen LogP contribution in [0.1, 0.15) is 13.8 Å². The van der Waals surface area contributed by atoms with Gasteiger partial charge in [-0.05, 0) is 20.9 Å². The zero-order valence-corrected chi connectivity index (χ0v) is 11.7. The van der Waals surface area contributed by atoms with Crippen molar-refractivity contribution < 1.29 is 8.78 Å². The third-order valence-electron chi connectivity index (χ3n) is 3.81. The summed E-state index contributed by atoms with van der Waals surface area (Å²) < 4.78 is 27.3. The first-order chi connectivity index (χ1) is 8.93. The number of pyridine rings is 1. The van der Waals surface area contributed by atoms with Crippen LogP contribution in [0.4, 0.5) is 20.4 Å². The zero-order valence-electron chi connectivity index (χ0n) is 11.7. The van der Waals surface area contributed by atoms with E-state index in [1.165, 1.54) is 0 Å². The van der Waals surface area contributed by atoms with Crippen LogP contribution in [0.3, 0.4) is 0 Å². The first-order valence-electron chi connectivity index (χ1n) is 6.44. The van der Waals surface area contributed by atoms with Crippen LogP contribution >= 0.6 is 0 Å². The average molecular weight is 270 g/mol. The van der Waals surface area contributed by atoms with Crippen molar-refractivity contribution in [2.45, 2.75) is 25.9 Å². The van der Waals surface area contributed by atoms with Crippen molar-refractivity contribution in [1.82, 2.24) is 9.88 Å². The molecule has 106 valence electrons. The van der Waals surface area contributed by atoms with Crippen LogP contribution in [0.15, 0.2) is 6.07 Å². The molecule has 1 saturated heterocycles. The largest absolute Gasteiger partial charge is 0.371 e. The lowest BCUT2D eigenvalue weighted by Crippen LogP contribution is -2.55. The Bertz CT molecular complexity index is 454. The van der Waals surface area contributed by atoms with Crippen LogP contribution in [-0.2, 0) is 0 Å². The Labute approximate surface area is 112 Å². The monoisotopic (exact) mass is 270 g/mol. The highest BCUT2D eigenvalue weighted by atomic mass is 19.1. The van der Waals surface area contributed by atoms with E-state index < -0.39 is 11.6 Å². The Balaban J connectivity index is 2.31. The van der Waals surface area contributed by atoms with E-state index in [-0.39, 0.29) is 11.6 Å². The van der Waals surface area contributed by atoms with Gasteiger partial charge in [0.25, 0.3) is 0 Å². The van der Waals surface area contributed by atoms with Gasteiger partial charge >= 0.3 is 0 Å². The lowest BCUT2D eigenvalue weighted by atomic mass is 10.1. The third-order valence-corrected chi connectivity index (χ3v) is 3.81. The molecule has 1 fully saturated rings. The van der Waals surface area contributed by atoms with Gasteiger partial charge in [0.1, 0.15) is 0 Å². The second kappa shape index (κ2) is 5.28. The van der Waals surface area contributed by atoms with Gasteiger partial charge < -0.3 is 10.2 Å². The number of nitrogens with one attached hydrogen (secondary N) is 1. The fourth-order valence-electron chi connectivity index (χ4n) is 2.43. The molecule has 4 nitrogen and oxygen atoms in total. The minimum Gasteiger partial charge on any atom is -0.371 e. The Hall–Kier alpha value is -1.43. The molecule has 0 aromatic carbocycles. The normalized spacial score (nSPS) is 24.6. The molecule has 2 unspecified atom stereocenters. The highest BCUT2D eigenvalue weighted by Crippen LogP contribution is 2.25. The molecule has 2 heterocycles. The summed E-state index contributed by atoms with van der Waals surface area (Å²) in [5.74, 6) is -0.979. The summed E-state index contributed by atoms with van der Waals surface area (Å²) in [6.45, 7) is 5.53. The van der Waals surface area contributed by atoms with Gasteiger partial charge in [0.2, 0.25) is 0 Å². The number of likely N-dealkylation sites (N-methyl/N-ethyl adjacent to an activating group) is 1. The second-order valence-corrected chi connectivity index (χ2v) is 5.14. The molecule has 2 rings (SSSR count). The molecule has 1 aliphatic heterocycles. The van der Waals surface area contributed by atoms with Gasteiger partial charge in [-0.3, -0.25) is 4.90 Å². The highest BCUT2D eigenvalue weighted by molar-refractivity contribution is 5.49. The van der Waals surface area contributed by atoms with Crippen molar-refractivity contribution in [1.29, 1.82) is 0 Å². The predicted molar refractivity (Wildman–Crippen MR) is 72.6 cm³/mol. The van der Waals surface area contributed by atoms with Crippen molar-refractivity contribution in [2.75, 3.05) is 37.4 Å². The molecule has 1 aliphatic rings. The molecule has 19 heavy (non-hydrogen) atoms. The number of halogens is 2. The average Bonchev–Trinajstić information content (AvgIpc) is 2.35. The van der Waals surface area contributed by atoms with Gasteiger partial charge in [-0.15, -0.1) is 0 Å². The van der Waals surface area contributed by atoms with Crippen LogP contribution < -0.4 is 10.2 Å². The van der Waals surface area contributed by atoms with Gasteiger partial charge in [-0.2, -0.15) is 0 Å². The number of aromatic nitrogens is 1. The van der Waals surface area contributed by atoms with E-state index >= 15 is 0 Å². The Morgan fingerprint density at radius 3 is 2.32 bits per heavy atom. The Morgan fingerprint density at radius 2 is 1.79 bits per heavy atom. The summed E-state index contributed by atoms with van der Waals surface area (Å²) in [7, 11) is 3.63. The van der Waals surface area contributed by atoms with E-state index in [0.717, 1.165) is 6.07 Å². The van der Waals surface area contributed by atoms with E-state index in [1.807, 2.05) is 4.90 Å². The molecule has 6 heteroatoms. The molecule has 0 radical (unpaired) electrons. The quantitative estimate of drug-likeness (QED) is 0.890. The highest BCUT2D eigenvalue weighted by Gasteiger charge is 2.29. The number of hydrogen-bond acceptors (Lipinski definition) is 4. The summed E-state index contributed by atoms with van der Waals surface area (Å²) >= 11 is 0. The first kappa shape index (κ1) is 14.0. The molecule has 0 amide bonds. The van der Waals surface area contributed by atoms with Crippen molar-refractivity contribution in [3.05, 3.63) is 17.7 Å². The van der Waals surface area contributed by atoms with E-state index in [9.17, 15) is 8.78 Å². The van der Waals surface area contributed by atoms with Crippen LogP contribution in [0, 0.1) is 11.6 Å². The van der Waals surface area contributed by atoms with Crippen LogP contribution in [0.25, 0.3) is 0 Å². The summed E-state index contributed by atoms with van der Waals surface area (Å²) in [6, 6.07) is 1.49. The van der Waals surface area contributed by atoms with E-state index in [0.29, 0.717) is 25.2 Å². The van der Waals surface area contributed by atoms with E-state index in [4.69, 9.17) is 0 Å². The Kier molecular flexibility index (Phi) is 3.89. The van der Waals surface area contributed by atoms with Crippen molar-refractivity contribution >= 4 is 11.6 Å². The summed E-state index contributed by atoms with van der Waals surface area (Å²) in [5, 5.41) is 2.64. The number of hydrogen-bond donors (Lipinski definition) is 1. The number of piperazine rings is 1. The number of rotatable bonds is 2. The topological polar surface area (TPSA) is 31.4 Å². The Morgan fingerprint density at radius 1 is 1.21 bits per heavy atom. The number of nitrogens with zero attached hydrogens (tertiary/aromatic N) is 3. The molecule has 1 aromatic rings.